The fraction of sp³-hybridized carbons (Fsp3) is 0.571. The van der Waals surface area contributed by atoms with Gasteiger partial charge in [0.05, 0.1) is 6.04 Å². The maximum atomic E-state index is 11.1. The number of aldehydes is 1. The molecule has 4 rings (SSSR count). The zero-order valence-corrected chi connectivity index (χ0v) is 17.8. The molecule has 0 saturated heterocycles. The summed E-state index contributed by atoms with van der Waals surface area (Å²) >= 11 is 0. The Labute approximate surface area is 162 Å². The van der Waals surface area contributed by atoms with Crippen LogP contribution in [0.25, 0.3) is 0 Å². The second-order valence-electron chi connectivity index (χ2n) is 9.44. The highest BCUT2D eigenvalue weighted by molar-refractivity contribution is 6.74. The Morgan fingerprint density at radius 3 is 2.48 bits per heavy atom. The SMILES string of the molecule is CC(C)(C)[Si](C)(C)OC1CC(c2ccccc2)n2nc(C3CC3C=O)nc21. The number of nitrogens with zero attached hydrogens (tertiary/aromatic N) is 3. The lowest BCUT2D eigenvalue weighted by Crippen LogP contribution is -2.41. The third-order valence-corrected chi connectivity index (χ3v) is 11.0. The van der Waals surface area contributed by atoms with Crippen molar-refractivity contribution in [3.63, 3.8) is 0 Å². The summed E-state index contributed by atoms with van der Waals surface area (Å²) in [6.07, 6.45) is 2.74. The van der Waals surface area contributed by atoms with E-state index in [2.05, 4.69) is 62.8 Å². The Bertz CT molecular complexity index is 841. The van der Waals surface area contributed by atoms with Gasteiger partial charge in [-0.25, -0.2) is 9.67 Å². The Balaban J connectivity index is 1.68. The van der Waals surface area contributed by atoms with Crippen molar-refractivity contribution in [3.05, 3.63) is 47.5 Å². The number of fused-ring (bicyclic) bond motifs is 1. The molecule has 0 bridgehead atoms. The average Bonchev–Trinajstić information content (AvgIpc) is 3.16. The fourth-order valence-corrected chi connectivity index (χ4v) is 4.88. The lowest BCUT2D eigenvalue weighted by atomic mass is 10.0. The van der Waals surface area contributed by atoms with Gasteiger partial charge in [-0.1, -0.05) is 51.1 Å². The zero-order chi connectivity index (χ0) is 19.4. The van der Waals surface area contributed by atoms with Gasteiger partial charge in [0.15, 0.2) is 20.0 Å². The van der Waals surface area contributed by atoms with Crippen molar-refractivity contribution in [2.24, 2.45) is 5.92 Å². The minimum absolute atomic E-state index is 0.0363. The minimum atomic E-state index is -1.93. The van der Waals surface area contributed by atoms with Crippen molar-refractivity contribution >= 4 is 14.6 Å². The predicted octanol–water partition coefficient (Wildman–Crippen LogP) is 4.64. The topological polar surface area (TPSA) is 57.0 Å². The van der Waals surface area contributed by atoms with Crippen LogP contribution < -0.4 is 0 Å². The van der Waals surface area contributed by atoms with Gasteiger partial charge in [-0.15, -0.1) is 0 Å². The highest BCUT2D eigenvalue weighted by atomic mass is 28.4. The smallest absolute Gasteiger partial charge is 0.193 e. The van der Waals surface area contributed by atoms with E-state index in [1.54, 1.807) is 0 Å². The van der Waals surface area contributed by atoms with Crippen molar-refractivity contribution < 1.29 is 9.22 Å². The second-order valence-corrected chi connectivity index (χ2v) is 14.2. The van der Waals surface area contributed by atoms with E-state index < -0.39 is 8.32 Å². The normalized spacial score (nSPS) is 27.4. The Morgan fingerprint density at radius 2 is 1.89 bits per heavy atom. The van der Waals surface area contributed by atoms with Crippen LogP contribution >= 0.6 is 0 Å². The van der Waals surface area contributed by atoms with E-state index in [1.807, 2.05) is 6.07 Å². The van der Waals surface area contributed by atoms with Crippen LogP contribution in [0.2, 0.25) is 18.1 Å². The molecule has 1 aromatic heterocycles. The van der Waals surface area contributed by atoms with Gasteiger partial charge >= 0.3 is 0 Å². The number of hydrogen-bond acceptors (Lipinski definition) is 4. The van der Waals surface area contributed by atoms with Gasteiger partial charge in [0, 0.05) is 18.3 Å². The van der Waals surface area contributed by atoms with E-state index in [0.717, 1.165) is 30.8 Å². The maximum Gasteiger partial charge on any atom is 0.193 e. The van der Waals surface area contributed by atoms with Crippen molar-refractivity contribution in [2.45, 2.75) is 69.8 Å². The summed E-state index contributed by atoms with van der Waals surface area (Å²) in [6, 6.07) is 10.6. The lowest BCUT2D eigenvalue weighted by molar-refractivity contribution is -0.108. The first-order valence-electron chi connectivity index (χ1n) is 9.85. The van der Waals surface area contributed by atoms with Crippen LogP contribution in [0, 0.1) is 5.92 Å². The van der Waals surface area contributed by atoms with Crippen LogP contribution in [-0.4, -0.2) is 29.4 Å². The van der Waals surface area contributed by atoms with E-state index in [0.29, 0.717) is 0 Å². The van der Waals surface area contributed by atoms with Crippen LogP contribution in [0.1, 0.15) is 68.9 Å². The van der Waals surface area contributed by atoms with Gasteiger partial charge in [-0.2, -0.15) is 5.10 Å². The molecule has 27 heavy (non-hydrogen) atoms. The quantitative estimate of drug-likeness (QED) is 0.558. The van der Waals surface area contributed by atoms with Gasteiger partial charge < -0.3 is 9.22 Å². The molecule has 2 aliphatic rings. The summed E-state index contributed by atoms with van der Waals surface area (Å²) in [4.78, 5) is 16.0. The molecule has 4 unspecified atom stereocenters. The first-order valence-corrected chi connectivity index (χ1v) is 12.8. The van der Waals surface area contributed by atoms with Crippen molar-refractivity contribution in [3.8, 4) is 0 Å². The Hall–Kier alpha value is -1.79. The predicted molar refractivity (Wildman–Crippen MR) is 107 cm³/mol. The molecule has 5 nitrogen and oxygen atoms in total. The number of aromatic nitrogens is 3. The Kier molecular flexibility index (Phi) is 4.39. The molecule has 1 saturated carbocycles. The standard InChI is InChI=1S/C21H29N3O2Si/c1-21(2,3)27(4,5)26-18-12-17(14-9-7-6-8-10-14)24-20(18)22-19(23-24)16-11-15(16)13-25/h6-10,13,15-18H,11-12H2,1-5H3. The summed E-state index contributed by atoms with van der Waals surface area (Å²) in [5.74, 6) is 2.01. The van der Waals surface area contributed by atoms with Crippen LogP contribution in [-0.2, 0) is 9.22 Å². The largest absolute Gasteiger partial charge is 0.407 e. The molecule has 1 aliphatic carbocycles. The molecule has 0 spiro atoms. The summed E-state index contributed by atoms with van der Waals surface area (Å²) in [7, 11) is -1.93. The van der Waals surface area contributed by atoms with Gasteiger partial charge in [0.2, 0.25) is 0 Å². The molecule has 1 aromatic carbocycles. The first-order chi connectivity index (χ1) is 12.7. The third kappa shape index (κ3) is 3.29. The van der Waals surface area contributed by atoms with Gasteiger partial charge in [0.1, 0.15) is 12.4 Å². The molecule has 0 amide bonds. The second kappa shape index (κ2) is 6.38. The van der Waals surface area contributed by atoms with Gasteiger partial charge in [-0.3, -0.25) is 0 Å². The molecule has 6 heteroatoms. The molecular weight excluding hydrogens is 354 g/mol. The summed E-state index contributed by atoms with van der Waals surface area (Å²) in [6.45, 7) is 11.4. The van der Waals surface area contributed by atoms with Crippen LogP contribution in [0.3, 0.4) is 0 Å². The molecule has 2 aromatic rings. The van der Waals surface area contributed by atoms with E-state index >= 15 is 0 Å². The average molecular weight is 384 g/mol. The van der Waals surface area contributed by atoms with Crippen molar-refractivity contribution in [1.82, 2.24) is 14.8 Å². The summed E-state index contributed by atoms with van der Waals surface area (Å²) < 4.78 is 8.81. The third-order valence-electron chi connectivity index (χ3n) is 6.47. The summed E-state index contributed by atoms with van der Waals surface area (Å²) in [5, 5.41) is 4.98. The number of carbonyl (C=O) groups is 1. The molecule has 0 N–H and O–H groups in total. The lowest BCUT2D eigenvalue weighted by Gasteiger charge is -2.38. The first kappa shape index (κ1) is 18.6. The van der Waals surface area contributed by atoms with Crippen LogP contribution in [0.4, 0.5) is 0 Å². The molecule has 1 fully saturated rings. The molecular formula is C21H29N3O2Si. The Morgan fingerprint density at radius 1 is 1.19 bits per heavy atom. The van der Waals surface area contributed by atoms with E-state index in [-0.39, 0.29) is 29.0 Å². The minimum Gasteiger partial charge on any atom is -0.407 e. The van der Waals surface area contributed by atoms with Gasteiger partial charge in [-0.05, 0) is 30.1 Å². The number of carbonyl (C=O) groups excluding carboxylic acids is 1. The number of hydrogen-bond donors (Lipinski definition) is 0. The molecule has 0 radical (unpaired) electrons. The molecule has 4 atom stereocenters. The number of benzene rings is 1. The highest BCUT2D eigenvalue weighted by Gasteiger charge is 2.47. The monoisotopic (exact) mass is 383 g/mol. The van der Waals surface area contributed by atoms with Crippen LogP contribution in [0.15, 0.2) is 30.3 Å². The molecule has 1 aliphatic heterocycles. The van der Waals surface area contributed by atoms with E-state index in [4.69, 9.17) is 14.5 Å². The van der Waals surface area contributed by atoms with E-state index in [1.165, 1.54) is 5.56 Å². The fourth-order valence-electron chi connectivity index (χ4n) is 3.61. The van der Waals surface area contributed by atoms with E-state index in [9.17, 15) is 4.79 Å². The highest BCUT2D eigenvalue weighted by Crippen LogP contribution is 2.49. The number of rotatable bonds is 5. The summed E-state index contributed by atoms with van der Waals surface area (Å²) in [5.41, 5.74) is 1.24. The van der Waals surface area contributed by atoms with Crippen LogP contribution in [0.5, 0.6) is 0 Å². The van der Waals surface area contributed by atoms with Gasteiger partial charge in [0.25, 0.3) is 0 Å². The van der Waals surface area contributed by atoms with Crippen molar-refractivity contribution in [2.75, 3.05) is 0 Å². The molecule has 144 valence electrons. The maximum absolute atomic E-state index is 11.1. The zero-order valence-electron chi connectivity index (χ0n) is 16.8. The molecule has 2 heterocycles. The van der Waals surface area contributed by atoms with Crippen molar-refractivity contribution in [1.29, 1.82) is 0 Å².